The van der Waals surface area contributed by atoms with E-state index in [9.17, 15) is 5.11 Å². The normalized spacial score (nSPS) is 32.2. The Morgan fingerprint density at radius 1 is 1.10 bits per heavy atom. The van der Waals surface area contributed by atoms with Crippen molar-refractivity contribution in [3.8, 4) is 11.5 Å². The van der Waals surface area contributed by atoms with Crippen molar-refractivity contribution in [2.24, 2.45) is 0 Å². The van der Waals surface area contributed by atoms with Crippen LogP contribution in [0.15, 0.2) is 12.1 Å². The topological polar surface area (TPSA) is 45.2 Å². The van der Waals surface area contributed by atoms with Gasteiger partial charge in [0.05, 0.1) is 13.2 Å². The first-order chi connectivity index (χ1) is 14.2. The van der Waals surface area contributed by atoms with Gasteiger partial charge in [-0.3, -0.25) is 4.90 Å². The molecule has 1 saturated heterocycles. The van der Waals surface area contributed by atoms with Crippen LogP contribution in [0.4, 0.5) is 0 Å². The first kappa shape index (κ1) is 19.7. The minimum atomic E-state index is -0.238. The molecule has 0 aromatic heterocycles. The van der Waals surface area contributed by atoms with E-state index in [-0.39, 0.29) is 17.6 Å². The van der Waals surface area contributed by atoms with Crippen molar-refractivity contribution < 1.29 is 14.6 Å². The van der Waals surface area contributed by atoms with Gasteiger partial charge in [-0.05, 0) is 82.9 Å². The second kappa shape index (κ2) is 8.09. The van der Waals surface area contributed by atoms with E-state index in [4.69, 9.17) is 9.47 Å². The molecule has 1 aromatic carbocycles. The van der Waals surface area contributed by atoms with E-state index in [1.165, 1.54) is 63.0 Å². The van der Waals surface area contributed by atoms with Gasteiger partial charge in [-0.2, -0.15) is 0 Å². The van der Waals surface area contributed by atoms with Crippen LogP contribution in [0, 0.1) is 0 Å². The molecule has 1 N–H and O–H groups in total. The average Bonchev–Trinajstić information content (AvgIpc) is 2.98. The van der Waals surface area contributed by atoms with Gasteiger partial charge in [-0.1, -0.05) is 12.5 Å². The third-order valence-electron chi connectivity index (χ3n) is 7.88. The third kappa shape index (κ3) is 3.55. The molecule has 2 fully saturated rings. The molecule has 0 radical (unpaired) electrons. The van der Waals surface area contributed by atoms with Crippen LogP contribution in [0.3, 0.4) is 0 Å². The minimum absolute atomic E-state index is 0.0556. The Kier molecular flexibility index (Phi) is 5.48. The van der Waals surface area contributed by atoms with E-state index in [0.29, 0.717) is 0 Å². The number of benzene rings is 1. The lowest BCUT2D eigenvalue weighted by atomic mass is 9.65. The molecule has 1 spiro atoms. The molecule has 3 heterocycles. The zero-order valence-electron chi connectivity index (χ0n) is 17.9. The van der Waals surface area contributed by atoms with Gasteiger partial charge in [0.15, 0.2) is 11.5 Å². The summed E-state index contributed by atoms with van der Waals surface area (Å²) in [7, 11) is 1.73. The van der Waals surface area contributed by atoms with Gasteiger partial charge < -0.3 is 19.5 Å². The lowest BCUT2D eigenvalue weighted by Gasteiger charge is -2.40. The minimum Gasteiger partial charge on any atom is -0.493 e. The molecule has 0 bridgehead atoms. The molecule has 1 saturated carbocycles. The van der Waals surface area contributed by atoms with Crippen LogP contribution in [0.25, 0.3) is 0 Å². The Morgan fingerprint density at radius 2 is 1.93 bits per heavy atom. The molecule has 3 atom stereocenters. The molecule has 3 aliphatic heterocycles. The van der Waals surface area contributed by atoms with E-state index < -0.39 is 0 Å². The number of piperidine rings is 1. The van der Waals surface area contributed by atoms with E-state index in [1.54, 1.807) is 7.11 Å². The first-order valence-corrected chi connectivity index (χ1v) is 11.7. The number of hydrogen-bond acceptors (Lipinski definition) is 5. The summed E-state index contributed by atoms with van der Waals surface area (Å²) in [5.41, 5.74) is 2.86. The maximum absolute atomic E-state index is 10.3. The largest absolute Gasteiger partial charge is 0.493 e. The Labute approximate surface area is 175 Å². The lowest BCUT2D eigenvalue weighted by molar-refractivity contribution is 0.0112. The molecule has 0 amide bonds. The second-order valence-electron chi connectivity index (χ2n) is 9.60. The number of hydrogen-bond donors (Lipinski definition) is 1. The van der Waals surface area contributed by atoms with Gasteiger partial charge in [0.2, 0.25) is 0 Å². The number of methoxy groups -OCH3 is 1. The molecule has 4 aliphatic rings. The zero-order valence-corrected chi connectivity index (χ0v) is 17.9. The molecule has 1 aromatic rings. The van der Waals surface area contributed by atoms with Crippen LogP contribution in [-0.4, -0.2) is 66.9 Å². The maximum atomic E-state index is 10.3. The van der Waals surface area contributed by atoms with Gasteiger partial charge in [-0.15, -0.1) is 0 Å². The molecule has 0 unspecified atom stereocenters. The molecule has 160 valence electrons. The predicted octanol–water partition coefficient (Wildman–Crippen LogP) is 3.32. The third-order valence-corrected chi connectivity index (χ3v) is 7.88. The van der Waals surface area contributed by atoms with Crippen molar-refractivity contribution in [2.45, 2.75) is 75.5 Å². The summed E-state index contributed by atoms with van der Waals surface area (Å²) < 4.78 is 12.1. The molecule has 1 aliphatic carbocycles. The van der Waals surface area contributed by atoms with Crippen LogP contribution in [0.1, 0.15) is 62.5 Å². The summed E-state index contributed by atoms with van der Waals surface area (Å²) in [6, 6.07) is 4.34. The number of rotatable bonds is 5. The zero-order chi connectivity index (χ0) is 19.8. The fourth-order valence-electron chi connectivity index (χ4n) is 6.30. The lowest BCUT2D eigenvalue weighted by Crippen LogP contribution is -2.46. The number of likely N-dealkylation sites (tertiary alicyclic amines) is 1. The van der Waals surface area contributed by atoms with Gasteiger partial charge in [-0.25, -0.2) is 0 Å². The molecule has 29 heavy (non-hydrogen) atoms. The maximum Gasteiger partial charge on any atom is 0.165 e. The highest BCUT2D eigenvalue weighted by Gasteiger charge is 2.54. The quantitative estimate of drug-likeness (QED) is 0.822. The van der Waals surface area contributed by atoms with Gasteiger partial charge >= 0.3 is 0 Å². The van der Waals surface area contributed by atoms with E-state index >= 15 is 0 Å². The molecular formula is C24H36N2O3. The highest BCUT2D eigenvalue weighted by molar-refractivity contribution is 5.58. The smallest absolute Gasteiger partial charge is 0.165 e. The summed E-state index contributed by atoms with van der Waals surface area (Å²) in [4.78, 5) is 5.30. The Balaban J connectivity index is 1.35. The summed E-state index contributed by atoms with van der Waals surface area (Å²) in [6.07, 6.45) is 9.03. The van der Waals surface area contributed by atoms with Crippen molar-refractivity contribution in [3.63, 3.8) is 0 Å². The molecule has 5 heteroatoms. The van der Waals surface area contributed by atoms with Gasteiger partial charge in [0.25, 0.3) is 0 Å². The second-order valence-corrected chi connectivity index (χ2v) is 9.60. The monoisotopic (exact) mass is 400 g/mol. The Hall–Kier alpha value is -1.30. The molecular weight excluding hydrogens is 364 g/mol. The van der Waals surface area contributed by atoms with E-state index in [1.807, 2.05) is 0 Å². The Bertz CT molecular complexity index is 733. The van der Waals surface area contributed by atoms with Crippen LogP contribution in [0.5, 0.6) is 11.5 Å². The molecule has 5 rings (SSSR count). The first-order valence-electron chi connectivity index (χ1n) is 11.7. The SMILES string of the molecule is COc1ccc2c3c1O[C@H]1C[C@@H](O)CC[C@@]31CCN(CCCN1CCCCC1)C2. The molecule has 5 nitrogen and oxygen atoms in total. The van der Waals surface area contributed by atoms with Crippen LogP contribution < -0.4 is 9.47 Å². The van der Waals surface area contributed by atoms with Crippen LogP contribution >= 0.6 is 0 Å². The van der Waals surface area contributed by atoms with Crippen molar-refractivity contribution in [1.82, 2.24) is 9.80 Å². The number of nitrogens with zero attached hydrogens (tertiary/aromatic N) is 2. The summed E-state index contributed by atoms with van der Waals surface area (Å²) in [5.74, 6) is 1.81. The standard InChI is InChI=1S/C24H36N2O3/c1-28-20-7-6-18-17-26(14-5-13-25-11-3-2-4-12-25)15-10-24-9-8-19(27)16-21(24)29-23(20)22(18)24/h6-7,19,21,27H,2-5,8-17H2,1H3/t19-,21-,24-/m0/s1. The summed E-state index contributed by atoms with van der Waals surface area (Å²) >= 11 is 0. The summed E-state index contributed by atoms with van der Waals surface area (Å²) in [5, 5.41) is 10.3. The Morgan fingerprint density at radius 3 is 2.76 bits per heavy atom. The summed E-state index contributed by atoms with van der Waals surface area (Å²) in [6.45, 7) is 7.10. The number of aliphatic hydroxyl groups excluding tert-OH is 1. The highest BCUT2D eigenvalue weighted by Crippen LogP contribution is 2.57. The van der Waals surface area contributed by atoms with Crippen molar-refractivity contribution in [1.29, 1.82) is 0 Å². The number of ether oxygens (including phenoxy) is 2. The van der Waals surface area contributed by atoms with Gasteiger partial charge in [0.1, 0.15) is 6.10 Å². The van der Waals surface area contributed by atoms with Crippen molar-refractivity contribution in [3.05, 3.63) is 23.3 Å². The predicted molar refractivity (Wildman–Crippen MR) is 114 cm³/mol. The van der Waals surface area contributed by atoms with Gasteiger partial charge in [0, 0.05) is 23.9 Å². The number of aliphatic hydroxyl groups is 1. The highest BCUT2D eigenvalue weighted by atomic mass is 16.5. The van der Waals surface area contributed by atoms with E-state index in [0.717, 1.165) is 50.3 Å². The van der Waals surface area contributed by atoms with Crippen molar-refractivity contribution >= 4 is 0 Å². The fraction of sp³-hybridized carbons (Fsp3) is 0.750. The van der Waals surface area contributed by atoms with Crippen molar-refractivity contribution in [2.75, 3.05) is 39.8 Å². The average molecular weight is 401 g/mol. The fourth-order valence-corrected chi connectivity index (χ4v) is 6.30. The van der Waals surface area contributed by atoms with Crippen LogP contribution in [-0.2, 0) is 12.0 Å². The van der Waals surface area contributed by atoms with Crippen LogP contribution in [0.2, 0.25) is 0 Å². The van der Waals surface area contributed by atoms with E-state index in [2.05, 4.69) is 21.9 Å².